The molecule has 0 aromatic heterocycles. The highest BCUT2D eigenvalue weighted by Gasteiger charge is 2.84. The van der Waals surface area contributed by atoms with Crippen molar-refractivity contribution in [2.75, 3.05) is 59.8 Å². The summed E-state index contributed by atoms with van der Waals surface area (Å²) in [5, 5.41) is 5.27. The molecule has 6 atom stereocenters. The van der Waals surface area contributed by atoms with Gasteiger partial charge in [0.1, 0.15) is 17.8 Å². The van der Waals surface area contributed by atoms with Gasteiger partial charge in [0, 0.05) is 37.1 Å². The molecule has 258 valence electrons. The zero-order valence-corrected chi connectivity index (χ0v) is 27.8. The van der Waals surface area contributed by atoms with Crippen LogP contribution in [0.3, 0.4) is 0 Å². The summed E-state index contributed by atoms with van der Waals surface area (Å²) >= 11 is 0. The zero-order chi connectivity index (χ0) is 33.2. The molecule has 2 saturated carbocycles. The number of amides is 2. The van der Waals surface area contributed by atoms with E-state index in [0.717, 1.165) is 24.0 Å². The van der Waals surface area contributed by atoms with Crippen LogP contribution in [0.2, 0.25) is 0 Å². The number of carbonyl (C=O) groups excluding carboxylic acids is 4. The van der Waals surface area contributed by atoms with E-state index < -0.39 is 29.0 Å². The SMILES string of the molecule is COC12CCC3C4=C(CCC3(C)C13OC3CC(CCCOC(=O)NCCOCCOCCNC(=O)OC(C)(C)C)C2=O)C(=O)OC4. The predicted octanol–water partition coefficient (Wildman–Crippen LogP) is 3.23. The van der Waals surface area contributed by atoms with Crippen LogP contribution < -0.4 is 10.6 Å². The predicted molar refractivity (Wildman–Crippen MR) is 163 cm³/mol. The molecular formula is C33H50N2O11. The van der Waals surface area contributed by atoms with Gasteiger partial charge in [-0.25, -0.2) is 14.4 Å². The number of alkyl carbamates (subject to hydrolysis) is 2. The normalized spacial score (nSPS) is 32.8. The number of ketones is 1. The molecule has 1 saturated heterocycles. The van der Waals surface area contributed by atoms with Crippen LogP contribution >= 0.6 is 0 Å². The molecule has 3 fully saturated rings. The Kier molecular flexibility index (Phi) is 10.4. The quantitative estimate of drug-likeness (QED) is 0.123. The van der Waals surface area contributed by atoms with Crippen molar-refractivity contribution in [2.45, 2.75) is 95.5 Å². The maximum atomic E-state index is 14.1. The maximum Gasteiger partial charge on any atom is 0.407 e. The smallest absolute Gasteiger partial charge is 0.407 e. The highest BCUT2D eigenvalue weighted by Crippen LogP contribution is 2.73. The van der Waals surface area contributed by atoms with Crippen LogP contribution in [0.4, 0.5) is 9.59 Å². The van der Waals surface area contributed by atoms with E-state index in [4.69, 9.17) is 33.2 Å². The highest BCUT2D eigenvalue weighted by atomic mass is 16.6. The summed E-state index contributed by atoms with van der Waals surface area (Å²) in [7, 11) is 1.62. The van der Waals surface area contributed by atoms with Gasteiger partial charge in [0.2, 0.25) is 0 Å². The molecule has 2 aliphatic heterocycles. The second kappa shape index (κ2) is 13.8. The summed E-state index contributed by atoms with van der Waals surface area (Å²) < 4.78 is 39.4. The van der Waals surface area contributed by atoms with Gasteiger partial charge < -0.3 is 43.8 Å². The third kappa shape index (κ3) is 6.52. The largest absolute Gasteiger partial charge is 0.458 e. The standard InChI is InChI=1S/C33H50N2O11/c1-30(2,3)46-29(39)35-13-16-42-18-17-41-15-12-34-28(38)43-14-6-7-21-19-25-33(45-25)31(4)10-8-22-23(20-44-27(22)37)24(31)9-11-32(33,40-5)26(21)36/h21,24-25H,6-20H2,1-5H3,(H,34,38)(H,35,39). The highest BCUT2D eigenvalue weighted by molar-refractivity contribution is 5.95. The number of epoxide rings is 1. The number of rotatable bonds is 14. The van der Waals surface area contributed by atoms with Gasteiger partial charge in [-0.2, -0.15) is 0 Å². The van der Waals surface area contributed by atoms with Gasteiger partial charge in [-0.15, -0.1) is 0 Å². The van der Waals surface area contributed by atoms with Crippen LogP contribution in [0.1, 0.15) is 72.6 Å². The molecule has 0 radical (unpaired) electrons. The molecule has 6 unspecified atom stereocenters. The summed E-state index contributed by atoms with van der Waals surface area (Å²) in [5.74, 6) is -0.191. The van der Waals surface area contributed by atoms with E-state index in [-0.39, 0.29) is 48.3 Å². The van der Waals surface area contributed by atoms with Gasteiger partial charge in [-0.3, -0.25) is 4.79 Å². The number of esters is 1. The maximum absolute atomic E-state index is 14.1. The van der Waals surface area contributed by atoms with Crippen molar-refractivity contribution in [3.05, 3.63) is 11.1 Å². The van der Waals surface area contributed by atoms with E-state index in [2.05, 4.69) is 17.6 Å². The molecule has 5 aliphatic rings. The molecule has 1 spiro atoms. The van der Waals surface area contributed by atoms with E-state index >= 15 is 0 Å². The summed E-state index contributed by atoms with van der Waals surface area (Å²) in [6.45, 7) is 10.1. The van der Waals surface area contributed by atoms with Crippen LogP contribution in [0, 0.1) is 17.3 Å². The Hall–Kier alpha value is -2.74. The van der Waals surface area contributed by atoms with E-state index in [1.54, 1.807) is 27.9 Å². The number of hydrogen-bond donors (Lipinski definition) is 2. The fraction of sp³-hybridized carbons (Fsp3) is 0.818. The van der Waals surface area contributed by atoms with Crippen molar-refractivity contribution >= 4 is 23.9 Å². The third-order valence-corrected chi connectivity index (χ3v) is 10.4. The molecule has 2 heterocycles. The number of Topliss-reactive ketones (excluding diaryl/α,β-unsaturated/α-hetero) is 1. The summed E-state index contributed by atoms with van der Waals surface area (Å²) in [6.07, 6.45) is 3.38. The zero-order valence-electron chi connectivity index (χ0n) is 27.8. The van der Waals surface area contributed by atoms with Gasteiger partial charge in [-0.05, 0) is 77.2 Å². The lowest BCUT2D eigenvalue weighted by atomic mass is 9.45. The monoisotopic (exact) mass is 650 g/mol. The number of cyclic esters (lactones) is 1. The summed E-state index contributed by atoms with van der Waals surface area (Å²) in [4.78, 5) is 50.0. The molecule has 2 N–H and O–H groups in total. The fourth-order valence-electron chi connectivity index (χ4n) is 8.40. The molecule has 3 aliphatic carbocycles. The van der Waals surface area contributed by atoms with Gasteiger partial charge in [0.25, 0.3) is 0 Å². The van der Waals surface area contributed by atoms with Crippen molar-refractivity contribution in [2.24, 2.45) is 17.3 Å². The molecule has 13 nitrogen and oxygen atoms in total. The summed E-state index contributed by atoms with van der Waals surface area (Å²) in [5.41, 5.74) is -0.619. The minimum absolute atomic E-state index is 0.0772. The number of ether oxygens (including phenoxy) is 7. The topological polar surface area (TPSA) is 160 Å². The first kappa shape index (κ1) is 34.6. The Morgan fingerprint density at radius 1 is 0.978 bits per heavy atom. The molecule has 13 heteroatoms. The Bertz CT molecular complexity index is 1210. The Morgan fingerprint density at radius 2 is 1.67 bits per heavy atom. The average Bonchev–Trinajstić information content (AvgIpc) is 3.63. The lowest BCUT2D eigenvalue weighted by molar-refractivity contribution is -0.188. The molecule has 0 bridgehead atoms. The molecule has 46 heavy (non-hydrogen) atoms. The van der Waals surface area contributed by atoms with Crippen LogP contribution in [0.15, 0.2) is 11.1 Å². The van der Waals surface area contributed by atoms with Crippen LogP contribution in [0.25, 0.3) is 0 Å². The first-order valence-corrected chi connectivity index (χ1v) is 16.6. The summed E-state index contributed by atoms with van der Waals surface area (Å²) in [6, 6.07) is 0. The second-order valence-electron chi connectivity index (χ2n) is 14.1. The molecule has 0 aromatic carbocycles. The Balaban J connectivity index is 0.963. The minimum Gasteiger partial charge on any atom is -0.458 e. The molecular weight excluding hydrogens is 600 g/mol. The minimum atomic E-state index is -1.01. The number of nitrogens with one attached hydrogen (secondary N) is 2. The Labute approximate surface area is 270 Å². The lowest BCUT2D eigenvalue weighted by Gasteiger charge is -2.58. The van der Waals surface area contributed by atoms with Crippen LogP contribution in [-0.4, -0.2) is 107 Å². The molecule has 0 aromatic rings. The average molecular weight is 651 g/mol. The first-order chi connectivity index (χ1) is 21.9. The van der Waals surface area contributed by atoms with Gasteiger partial charge in [0.05, 0.1) is 39.1 Å². The Morgan fingerprint density at radius 3 is 2.35 bits per heavy atom. The number of carbonyl (C=O) groups is 4. The van der Waals surface area contributed by atoms with Crippen LogP contribution in [0.5, 0.6) is 0 Å². The number of hydrogen-bond acceptors (Lipinski definition) is 11. The second-order valence-corrected chi connectivity index (χ2v) is 14.1. The fourth-order valence-corrected chi connectivity index (χ4v) is 8.40. The number of methoxy groups -OCH3 is 1. The first-order valence-electron chi connectivity index (χ1n) is 16.6. The lowest BCUT2D eigenvalue weighted by Crippen LogP contribution is -2.70. The number of fused-ring (bicyclic) bond motifs is 2. The van der Waals surface area contributed by atoms with Crippen molar-refractivity contribution in [1.29, 1.82) is 0 Å². The van der Waals surface area contributed by atoms with Crippen molar-refractivity contribution in [3.63, 3.8) is 0 Å². The van der Waals surface area contributed by atoms with E-state index in [9.17, 15) is 19.2 Å². The van der Waals surface area contributed by atoms with Gasteiger partial charge in [0.15, 0.2) is 11.4 Å². The van der Waals surface area contributed by atoms with E-state index in [1.165, 1.54) is 0 Å². The van der Waals surface area contributed by atoms with E-state index in [1.807, 2.05) is 0 Å². The van der Waals surface area contributed by atoms with Crippen LogP contribution in [-0.2, 0) is 42.7 Å². The molecule has 5 rings (SSSR count). The van der Waals surface area contributed by atoms with Crippen molar-refractivity contribution < 1.29 is 52.3 Å². The molecule has 2 amide bonds. The van der Waals surface area contributed by atoms with E-state index in [0.29, 0.717) is 71.7 Å². The van der Waals surface area contributed by atoms with Gasteiger partial charge >= 0.3 is 18.2 Å². The van der Waals surface area contributed by atoms with Crippen molar-refractivity contribution in [1.82, 2.24) is 10.6 Å². The van der Waals surface area contributed by atoms with Crippen molar-refractivity contribution in [3.8, 4) is 0 Å². The van der Waals surface area contributed by atoms with Gasteiger partial charge in [-0.1, -0.05) is 6.92 Å². The third-order valence-electron chi connectivity index (χ3n) is 10.4.